The van der Waals surface area contributed by atoms with Gasteiger partial charge in [-0.2, -0.15) is 5.26 Å². The molecular formula is C9H6ClF3N2O3S. The van der Waals surface area contributed by atoms with E-state index in [-0.39, 0.29) is 5.56 Å². The molecule has 0 aliphatic rings. The summed E-state index contributed by atoms with van der Waals surface area (Å²) < 4.78 is 63.1. The zero-order valence-corrected chi connectivity index (χ0v) is 10.6. The molecule has 2 N–H and O–H groups in total. The van der Waals surface area contributed by atoms with Crippen LogP contribution in [-0.2, 0) is 15.6 Å². The smallest absolute Gasteiger partial charge is 0.404 e. The van der Waals surface area contributed by atoms with E-state index in [1.54, 1.807) is 0 Å². The summed E-state index contributed by atoms with van der Waals surface area (Å²) in [5.74, 6) is -1.08. The van der Waals surface area contributed by atoms with Gasteiger partial charge >= 0.3 is 6.36 Å². The van der Waals surface area contributed by atoms with Crippen LogP contribution < -0.4 is 10.5 Å². The first-order valence-corrected chi connectivity index (χ1v) is 6.87. The largest absolute Gasteiger partial charge is 0.573 e. The van der Waals surface area contributed by atoms with E-state index >= 15 is 0 Å². The van der Waals surface area contributed by atoms with Gasteiger partial charge in [0.1, 0.15) is 11.0 Å². The number of rotatable bonds is 3. The van der Waals surface area contributed by atoms with Gasteiger partial charge in [0.05, 0.1) is 5.56 Å². The number of benzene rings is 1. The average molecular weight is 315 g/mol. The summed E-state index contributed by atoms with van der Waals surface area (Å²) in [5.41, 5.74) is 4.40. The molecule has 0 atom stereocenters. The summed E-state index contributed by atoms with van der Waals surface area (Å²) in [6.45, 7) is -0.420. The van der Waals surface area contributed by atoms with Gasteiger partial charge in [-0.15, -0.1) is 13.2 Å². The maximum Gasteiger partial charge on any atom is 0.573 e. The third-order valence-corrected chi connectivity index (χ3v) is 3.35. The quantitative estimate of drug-likeness (QED) is 0.859. The van der Waals surface area contributed by atoms with Crippen molar-refractivity contribution in [1.82, 2.24) is 0 Å². The van der Waals surface area contributed by atoms with Gasteiger partial charge in [-0.3, -0.25) is 0 Å². The standard InChI is InChI=1S/C9H6ClF3N2O3S/c10-19(16,17)8-6(4-15)2-1-5(3-14)7(8)18-9(11,12)13/h1-2H,3,14H2. The Morgan fingerprint density at radius 2 is 2.00 bits per heavy atom. The van der Waals surface area contributed by atoms with Gasteiger partial charge in [-0.05, 0) is 6.07 Å². The minimum atomic E-state index is -5.14. The lowest BCUT2D eigenvalue weighted by molar-refractivity contribution is -0.275. The second kappa shape index (κ2) is 5.24. The highest BCUT2D eigenvalue weighted by Gasteiger charge is 2.36. The van der Waals surface area contributed by atoms with E-state index in [0.29, 0.717) is 0 Å². The SMILES string of the molecule is N#Cc1ccc(CN)c(OC(F)(F)F)c1S(=O)(=O)Cl. The average Bonchev–Trinajstić information content (AvgIpc) is 2.24. The summed E-state index contributed by atoms with van der Waals surface area (Å²) in [7, 11) is 0.426. The van der Waals surface area contributed by atoms with Gasteiger partial charge in [0.2, 0.25) is 0 Å². The van der Waals surface area contributed by atoms with Crippen molar-refractivity contribution in [2.24, 2.45) is 5.73 Å². The van der Waals surface area contributed by atoms with Crippen LogP contribution in [0, 0.1) is 11.3 Å². The third kappa shape index (κ3) is 3.73. The molecule has 1 aromatic carbocycles. The van der Waals surface area contributed by atoms with Crippen molar-refractivity contribution >= 4 is 19.7 Å². The molecule has 0 aliphatic carbocycles. The topological polar surface area (TPSA) is 93.2 Å². The molecule has 0 heterocycles. The van der Waals surface area contributed by atoms with E-state index in [0.717, 1.165) is 12.1 Å². The first kappa shape index (κ1) is 15.6. The zero-order valence-electron chi connectivity index (χ0n) is 9.03. The molecule has 0 spiro atoms. The maximum absolute atomic E-state index is 12.3. The van der Waals surface area contributed by atoms with Crippen LogP contribution in [-0.4, -0.2) is 14.8 Å². The van der Waals surface area contributed by atoms with Crippen molar-refractivity contribution in [3.8, 4) is 11.8 Å². The monoisotopic (exact) mass is 314 g/mol. The molecule has 0 saturated heterocycles. The molecule has 104 valence electrons. The van der Waals surface area contributed by atoms with Crippen molar-refractivity contribution in [2.75, 3.05) is 0 Å². The summed E-state index contributed by atoms with van der Waals surface area (Å²) in [6.07, 6.45) is -5.14. The minimum Gasteiger partial charge on any atom is -0.404 e. The number of ether oxygens (including phenoxy) is 1. The lowest BCUT2D eigenvalue weighted by Gasteiger charge is -2.15. The highest BCUT2D eigenvalue weighted by molar-refractivity contribution is 8.13. The van der Waals surface area contributed by atoms with Gasteiger partial charge in [0.25, 0.3) is 9.05 Å². The Kier molecular flexibility index (Phi) is 4.29. The van der Waals surface area contributed by atoms with Gasteiger partial charge in [0, 0.05) is 22.8 Å². The van der Waals surface area contributed by atoms with E-state index in [1.807, 2.05) is 0 Å². The Balaban J connectivity index is 3.69. The number of alkyl halides is 3. The van der Waals surface area contributed by atoms with Crippen LogP contribution in [0.1, 0.15) is 11.1 Å². The Hall–Kier alpha value is -1.50. The van der Waals surface area contributed by atoms with Crippen LogP contribution in [0.2, 0.25) is 0 Å². The molecule has 0 radical (unpaired) electrons. The number of nitrogens with two attached hydrogens (primary N) is 1. The number of halogens is 4. The second-order valence-corrected chi connectivity index (χ2v) is 5.73. The molecule has 1 aromatic rings. The van der Waals surface area contributed by atoms with Gasteiger partial charge in [0.15, 0.2) is 5.75 Å². The maximum atomic E-state index is 12.3. The van der Waals surface area contributed by atoms with E-state index in [1.165, 1.54) is 6.07 Å². The van der Waals surface area contributed by atoms with Crippen LogP contribution in [0.3, 0.4) is 0 Å². The van der Waals surface area contributed by atoms with E-state index in [9.17, 15) is 21.6 Å². The fraction of sp³-hybridized carbons (Fsp3) is 0.222. The van der Waals surface area contributed by atoms with E-state index in [4.69, 9.17) is 21.7 Å². The first-order valence-electron chi connectivity index (χ1n) is 4.56. The number of nitrogens with zero attached hydrogens (tertiary/aromatic N) is 1. The summed E-state index contributed by atoms with van der Waals surface area (Å²) in [4.78, 5) is -1.04. The second-order valence-electron chi connectivity index (χ2n) is 3.23. The van der Waals surface area contributed by atoms with Crippen molar-refractivity contribution in [3.05, 3.63) is 23.3 Å². The molecule has 0 fully saturated rings. The Labute approximate surface area is 110 Å². The predicted molar refractivity (Wildman–Crippen MR) is 58.8 cm³/mol. The fourth-order valence-electron chi connectivity index (χ4n) is 1.32. The van der Waals surface area contributed by atoms with E-state index < -0.39 is 38.2 Å². The third-order valence-electron chi connectivity index (χ3n) is 2.00. The molecule has 0 bridgehead atoms. The van der Waals surface area contributed by atoms with Crippen LogP contribution >= 0.6 is 10.7 Å². The van der Waals surface area contributed by atoms with Crippen molar-refractivity contribution in [1.29, 1.82) is 5.26 Å². The molecule has 0 aromatic heterocycles. The van der Waals surface area contributed by atoms with Gasteiger partial charge < -0.3 is 10.5 Å². The Morgan fingerprint density at radius 3 is 2.37 bits per heavy atom. The van der Waals surface area contributed by atoms with Crippen LogP contribution in [0.25, 0.3) is 0 Å². The van der Waals surface area contributed by atoms with Crippen LogP contribution in [0.4, 0.5) is 13.2 Å². The van der Waals surface area contributed by atoms with Crippen LogP contribution in [0.15, 0.2) is 17.0 Å². The van der Waals surface area contributed by atoms with Gasteiger partial charge in [-0.25, -0.2) is 8.42 Å². The van der Waals surface area contributed by atoms with E-state index in [2.05, 4.69) is 4.74 Å². The highest BCUT2D eigenvalue weighted by atomic mass is 35.7. The van der Waals surface area contributed by atoms with Crippen molar-refractivity contribution in [2.45, 2.75) is 17.8 Å². The van der Waals surface area contributed by atoms with Crippen LogP contribution in [0.5, 0.6) is 5.75 Å². The first-order chi connectivity index (χ1) is 8.60. The molecule has 1 rings (SSSR count). The molecule has 10 heteroatoms. The molecular weight excluding hydrogens is 309 g/mol. The number of hydrogen-bond donors (Lipinski definition) is 1. The molecule has 5 nitrogen and oxygen atoms in total. The predicted octanol–water partition coefficient (Wildman–Crippen LogP) is 1.84. The molecule has 0 unspecified atom stereocenters. The Bertz CT molecular complexity index is 637. The summed E-state index contributed by atoms with van der Waals surface area (Å²) in [5, 5.41) is 8.73. The zero-order chi connectivity index (χ0) is 14.8. The summed E-state index contributed by atoms with van der Waals surface area (Å²) >= 11 is 0. The van der Waals surface area contributed by atoms with Crippen molar-refractivity contribution < 1.29 is 26.3 Å². The minimum absolute atomic E-state index is 0.240. The summed E-state index contributed by atoms with van der Waals surface area (Å²) in [6, 6.07) is 3.49. The lowest BCUT2D eigenvalue weighted by Crippen LogP contribution is -2.20. The van der Waals surface area contributed by atoms with Crippen molar-refractivity contribution in [3.63, 3.8) is 0 Å². The lowest BCUT2D eigenvalue weighted by atomic mass is 10.1. The fourth-order valence-corrected chi connectivity index (χ4v) is 2.55. The Morgan fingerprint density at radius 1 is 1.42 bits per heavy atom. The molecule has 0 saturated carbocycles. The number of hydrogen-bond acceptors (Lipinski definition) is 5. The molecule has 0 amide bonds. The van der Waals surface area contributed by atoms with Gasteiger partial charge in [-0.1, -0.05) is 6.07 Å². The highest BCUT2D eigenvalue weighted by Crippen LogP contribution is 2.37. The number of nitriles is 1. The molecule has 0 aliphatic heterocycles. The molecule has 19 heavy (non-hydrogen) atoms. The normalized spacial score (nSPS) is 12.0.